The van der Waals surface area contributed by atoms with Gasteiger partial charge in [0.15, 0.2) is 8.68 Å². The molecule has 1 rings (SSSR count). The molecular weight excluding hydrogens is 288 g/mol. The fourth-order valence-corrected chi connectivity index (χ4v) is 4.22. The maximum atomic E-state index is 11.8. The Balaban J connectivity index is 2.65. The van der Waals surface area contributed by atoms with Gasteiger partial charge < -0.3 is 0 Å². The zero-order valence-corrected chi connectivity index (χ0v) is 12.1. The van der Waals surface area contributed by atoms with Gasteiger partial charge in [-0.1, -0.05) is 22.9 Å². The topological polar surface area (TPSA) is 59.1 Å². The van der Waals surface area contributed by atoms with E-state index >= 15 is 0 Å². The average molecular weight is 301 g/mol. The van der Waals surface area contributed by atoms with E-state index in [0.29, 0.717) is 0 Å². The molecule has 1 atom stereocenters. The van der Waals surface area contributed by atoms with Crippen molar-refractivity contribution in [3.8, 4) is 0 Å². The number of halogens is 1. The molecule has 0 aromatic carbocycles. The van der Waals surface area contributed by atoms with Crippen LogP contribution in [0.5, 0.6) is 0 Å². The summed E-state index contributed by atoms with van der Waals surface area (Å²) in [5.74, 6) is 0.924. The fraction of sp³-hybridized carbons (Fsp3) is 0.625. The van der Waals surface area contributed by atoms with E-state index in [-0.39, 0.29) is 14.7 Å². The van der Waals surface area contributed by atoms with Crippen molar-refractivity contribution >= 4 is 44.7 Å². The molecule has 0 saturated carbocycles. The van der Waals surface area contributed by atoms with Crippen LogP contribution in [0.2, 0.25) is 4.47 Å². The molecule has 0 bridgehead atoms. The minimum absolute atomic E-state index is 0.0849. The van der Waals surface area contributed by atoms with Crippen LogP contribution in [0.3, 0.4) is 0 Å². The van der Waals surface area contributed by atoms with Gasteiger partial charge in [0.2, 0.25) is 0 Å². The highest BCUT2D eigenvalue weighted by atomic mass is 35.5. The summed E-state index contributed by atoms with van der Waals surface area (Å²) in [6.07, 6.45) is 4.06. The van der Waals surface area contributed by atoms with Gasteiger partial charge >= 0.3 is 0 Å². The van der Waals surface area contributed by atoms with Crippen LogP contribution >= 0.6 is 34.7 Å². The summed E-state index contributed by atoms with van der Waals surface area (Å²) in [7, 11) is -3.46. The molecule has 92 valence electrons. The molecule has 1 unspecified atom stereocenters. The normalized spacial score (nSPS) is 13.9. The standard InChI is InChI=1S/C8H13ClN2O2S3/c1-6(3-4-14-2)11-16(12,13)7-5-10-8(9)15-7/h5-6,11H,3-4H2,1-2H3. The van der Waals surface area contributed by atoms with E-state index in [2.05, 4.69) is 9.71 Å². The van der Waals surface area contributed by atoms with Gasteiger partial charge in [0.25, 0.3) is 10.0 Å². The van der Waals surface area contributed by atoms with Gasteiger partial charge in [-0.15, -0.1) is 0 Å². The third-order valence-electron chi connectivity index (χ3n) is 1.83. The second-order valence-corrected chi connectivity index (χ2v) is 7.78. The zero-order valence-electron chi connectivity index (χ0n) is 8.94. The number of thiazole rings is 1. The average Bonchev–Trinajstić information content (AvgIpc) is 2.62. The van der Waals surface area contributed by atoms with Gasteiger partial charge in [-0.05, 0) is 25.4 Å². The van der Waals surface area contributed by atoms with E-state index in [0.717, 1.165) is 23.5 Å². The molecule has 1 aromatic heterocycles. The summed E-state index contributed by atoms with van der Waals surface area (Å²) in [6.45, 7) is 1.84. The molecular formula is C8H13ClN2O2S3. The van der Waals surface area contributed by atoms with Crippen LogP contribution in [0.15, 0.2) is 10.4 Å². The predicted molar refractivity (Wildman–Crippen MR) is 69.9 cm³/mol. The minimum atomic E-state index is -3.46. The van der Waals surface area contributed by atoms with Gasteiger partial charge in [-0.25, -0.2) is 18.1 Å². The van der Waals surface area contributed by atoms with Crippen LogP contribution in [0.1, 0.15) is 13.3 Å². The van der Waals surface area contributed by atoms with Crippen molar-refractivity contribution in [2.24, 2.45) is 0 Å². The van der Waals surface area contributed by atoms with Crippen LogP contribution in [0.25, 0.3) is 0 Å². The summed E-state index contributed by atoms with van der Waals surface area (Å²) in [4.78, 5) is 3.71. The zero-order chi connectivity index (χ0) is 12.2. The molecule has 1 aromatic rings. The fourth-order valence-electron chi connectivity index (χ4n) is 1.04. The maximum absolute atomic E-state index is 11.8. The number of hydrogen-bond acceptors (Lipinski definition) is 5. The number of nitrogens with zero attached hydrogens (tertiary/aromatic N) is 1. The highest BCUT2D eigenvalue weighted by Crippen LogP contribution is 2.22. The van der Waals surface area contributed by atoms with E-state index in [4.69, 9.17) is 11.6 Å². The molecule has 0 amide bonds. The van der Waals surface area contributed by atoms with Crippen LogP contribution in [0.4, 0.5) is 0 Å². The Morgan fingerprint density at radius 1 is 1.69 bits per heavy atom. The number of thioether (sulfide) groups is 1. The molecule has 0 radical (unpaired) electrons. The van der Waals surface area contributed by atoms with Crippen LogP contribution in [-0.4, -0.2) is 31.5 Å². The Kier molecular flexibility index (Phi) is 5.52. The summed E-state index contributed by atoms with van der Waals surface area (Å²) >= 11 is 8.25. The molecule has 1 N–H and O–H groups in total. The first-order chi connectivity index (χ1) is 7.45. The van der Waals surface area contributed by atoms with Crippen molar-refractivity contribution in [2.75, 3.05) is 12.0 Å². The van der Waals surface area contributed by atoms with Gasteiger partial charge in [0.1, 0.15) is 0 Å². The molecule has 0 aliphatic heterocycles. The van der Waals surface area contributed by atoms with E-state index in [1.165, 1.54) is 6.20 Å². The quantitative estimate of drug-likeness (QED) is 0.875. The molecule has 0 saturated heterocycles. The Morgan fingerprint density at radius 2 is 2.38 bits per heavy atom. The van der Waals surface area contributed by atoms with Crippen molar-refractivity contribution in [3.63, 3.8) is 0 Å². The number of nitrogens with one attached hydrogen (secondary N) is 1. The lowest BCUT2D eigenvalue weighted by atomic mass is 10.3. The first kappa shape index (κ1) is 14.2. The number of sulfonamides is 1. The molecule has 4 nitrogen and oxygen atoms in total. The van der Waals surface area contributed by atoms with Gasteiger partial charge in [0, 0.05) is 6.04 Å². The van der Waals surface area contributed by atoms with E-state index < -0.39 is 10.0 Å². The van der Waals surface area contributed by atoms with Gasteiger partial charge in [-0.2, -0.15) is 11.8 Å². The Labute approximate surface area is 109 Å². The summed E-state index contributed by atoms with van der Waals surface area (Å²) < 4.78 is 26.6. The molecule has 0 fully saturated rings. The number of hydrogen-bond donors (Lipinski definition) is 1. The molecule has 0 spiro atoms. The Bertz CT molecular complexity index is 432. The van der Waals surface area contributed by atoms with Crippen molar-refractivity contribution in [1.82, 2.24) is 9.71 Å². The van der Waals surface area contributed by atoms with Crippen molar-refractivity contribution in [3.05, 3.63) is 10.7 Å². The molecule has 8 heteroatoms. The van der Waals surface area contributed by atoms with Crippen molar-refractivity contribution in [2.45, 2.75) is 23.6 Å². The van der Waals surface area contributed by atoms with Crippen LogP contribution in [-0.2, 0) is 10.0 Å². The summed E-state index contributed by atoms with van der Waals surface area (Å²) in [6, 6.07) is -0.0849. The Morgan fingerprint density at radius 3 is 2.88 bits per heavy atom. The first-order valence-electron chi connectivity index (χ1n) is 4.58. The van der Waals surface area contributed by atoms with E-state index in [9.17, 15) is 8.42 Å². The second kappa shape index (κ2) is 6.20. The van der Waals surface area contributed by atoms with Gasteiger partial charge in [-0.3, -0.25) is 0 Å². The monoisotopic (exact) mass is 300 g/mol. The number of aromatic nitrogens is 1. The van der Waals surface area contributed by atoms with Crippen molar-refractivity contribution in [1.29, 1.82) is 0 Å². The SMILES string of the molecule is CSCCC(C)NS(=O)(=O)c1cnc(Cl)s1. The largest absolute Gasteiger partial charge is 0.251 e. The lowest BCUT2D eigenvalue weighted by Gasteiger charge is -2.11. The molecule has 16 heavy (non-hydrogen) atoms. The molecule has 0 aliphatic carbocycles. The summed E-state index contributed by atoms with van der Waals surface area (Å²) in [5.41, 5.74) is 0. The third-order valence-corrected chi connectivity index (χ3v) is 5.64. The lowest BCUT2D eigenvalue weighted by Crippen LogP contribution is -2.32. The number of rotatable bonds is 6. The molecule has 1 heterocycles. The highest BCUT2D eigenvalue weighted by Gasteiger charge is 2.19. The Hall–Kier alpha value is 0.180. The second-order valence-electron chi connectivity index (χ2n) is 3.24. The summed E-state index contributed by atoms with van der Waals surface area (Å²) in [5, 5.41) is 0. The lowest BCUT2D eigenvalue weighted by molar-refractivity contribution is 0.559. The smallest absolute Gasteiger partial charge is 0.232 e. The third kappa shape index (κ3) is 4.21. The maximum Gasteiger partial charge on any atom is 0.251 e. The van der Waals surface area contributed by atoms with Crippen LogP contribution in [0, 0.1) is 0 Å². The predicted octanol–water partition coefficient (Wildman–Crippen LogP) is 2.22. The van der Waals surface area contributed by atoms with E-state index in [1.54, 1.807) is 11.8 Å². The van der Waals surface area contributed by atoms with Crippen molar-refractivity contribution < 1.29 is 8.42 Å². The first-order valence-corrected chi connectivity index (χ1v) is 8.65. The minimum Gasteiger partial charge on any atom is -0.232 e. The van der Waals surface area contributed by atoms with Crippen LogP contribution < -0.4 is 4.72 Å². The van der Waals surface area contributed by atoms with E-state index in [1.807, 2.05) is 13.2 Å². The van der Waals surface area contributed by atoms with Gasteiger partial charge in [0.05, 0.1) is 6.20 Å². The highest BCUT2D eigenvalue weighted by molar-refractivity contribution is 7.98. The molecule has 0 aliphatic rings.